The lowest BCUT2D eigenvalue weighted by atomic mass is 10.1. The lowest BCUT2D eigenvalue weighted by molar-refractivity contribution is 0.0383. The van der Waals surface area contributed by atoms with Crippen LogP contribution in [0.15, 0.2) is 41.8 Å². The molecule has 1 saturated heterocycles. The van der Waals surface area contributed by atoms with Crippen LogP contribution in [0.5, 0.6) is 0 Å². The van der Waals surface area contributed by atoms with Crippen molar-refractivity contribution in [2.24, 2.45) is 0 Å². The summed E-state index contributed by atoms with van der Waals surface area (Å²) in [6, 6.07) is 12.1. The Morgan fingerprint density at radius 2 is 2.03 bits per heavy atom. The van der Waals surface area contributed by atoms with Gasteiger partial charge in [-0.2, -0.15) is 5.10 Å². The summed E-state index contributed by atoms with van der Waals surface area (Å²) in [5.41, 5.74) is 4.58. The molecule has 7 heteroatoms. The van der Waals surface area contributed by atoms with Gasteiger partial charge in [0.15, 0.2) is 0 Å². The van der Waals surface area contributed by atoms with Crippen molar-refractivity contribution in [3.05, 3.63) is 58.6 Å². The number of thiophene rings is 1. The molecule has 1 amide bonds. The molecular formula is C22H26N4O2S. The summed E-state index contributed by atoms with van der Waals surface area (Å²) in [7, 11) is 0. The van der Waals surface area contributed by atoms with Gasteiger partial charge in [0.1, 0.15) is 11.4 Å². The van der Waals surface area contributed by atoms with Crippen LogP contribution < -0.4 is 5.32 Å². The number of morpholine rings is 1. The normalized spacial score (nSPS) is 14.8. The molecule has 2 aromatic heterocycles. The van der Waals surface area contributed by atoms with Gasteiger partial charge in [-0.3, -0.25) is 9.69 Å². The zero-order chi connectivity index (χ0) is 20.2. The average Bonchev–Trinajstić information content (AvgIpc) is 3.39. The summed E-state index contributed by atoms with van der Waals surface area (Å²) < 4.78 is 7.15. The summed E-state index contributed by atoms with van der Waals surface area (Å²) in [6.07, 6.45) is 0. The Labute approximate surface area is 175 Å². The van der Waals surface area contributed by atoms with Crippen LogP contribution in [0.1, 0.15) is 21.6 Å². The molecule has 1 fully saturated rings. The first-order valence-corrected chi connectivity index (χ1v) is 10.8. The van der Waals surface area contributed by atoms with Crippen molar-refractivity contribution in [3.8, 4) is 16.3 Å². The molecule has 0 bridgehead atoms. The van der Waals surface area contributed by atoms with Gasteiger partial charge in [-0.05, 0) is 43.0 Å². The summed E-state index contributed by atoms with van der Waals surface area (Å²) >= 11 is 1.62. The minimum absolute atomic E-state index is 0.103. The third-order valence-electron chi connectivity index (χ3n) is 5.11. The average molecular weight is 411 g/mol. The maximum absolute atomic E-state index is 13.0. The molecule has 6 nitrogen and oxygen atoms in total. The minimum atomic E-state index is -0.103. The number of nitrogens with one attached hydrogen (secondary N) is 1. The second-order valence-corrected chi connectivity index (χ2v) is 8.25. The second-order valence-electron chi connectivity index (χ2n) is 7.30. The molecule has 3 aromatic rings. The van der Waals surface area contributed by atoms with Crippen molar-refractivity contribution in [2.45, 2.75) is 13.8 Å². The van der Waals surface area contributed by atoms with Gasteiger partial charge < -0.3 is 10.1 Å². The standard InChI is InChI=1S/C22H26N4O2S/c1-16-5-6-19(17(2)14-16)26-20(15-18(24-26)21-4-3-13-29-21)22(27)23-7-8-25-9-11-28-12-10-25/h3-6,13-15H,7-12H2,1-2H3,(H,23,27). The molecule has 1 aliphatic rings. The lowest BCUT2D eigenvalue weighted by Gasteiger charge is -2.26. The SMILES string of the molecule is Cc1ccc(-n2nc(-c3cccs3)cc2C(=O)NCCN2CCOCC2)c(C)c1. The van der Waals surface area contributed by atoms with E-state index in [4.69, 9.17) is 9.84 Å². The van der Waals surface area contributed by atoms with E-state index < -0.39 is 0 Å². The van der Waals surface area contributed by atoms with Gasteiger partial charge in [0.05, 0.1) is 23.8 Å². The molecule has 4 rings (SSSR count). The smallest absolute Gasteiger partial charge is 0.270 e. The Morgan fingerprint density at radius 3 is 2.76 bits per heavy atom. The summed E-state index contributed by atoms with van der Waals surface area (Å²) in [5, 5.41) is 9.86. The molecule has 1 aliphatic heterocycles. The number of carbonyl (C=O) groups is 1. The summed E-state index contributed by atoms with van der Waals surface area (Å²) in [6.45, 7) is 8.90. The maximum atomic E-state index is 13.0. The summed E-state index contributed by atoms with van der Waals surface area (Å²) in [5.74, 6) is -0.103. The van der Waals surface area contributed by atoms with E-state index in [0.29, 0.717) is 12.2 Å². The Morgan fingerprint density at radius 1 is 1.21 bits per heavy atom. The fraction of sp³-hybridized carbons (Fsp3) is 0.364. The van der Waals surface area contributed by atoms with Gasteiger partial charge >= 0.3 is 0 Å². The van der Waals surface area contributed by atoms with Crippen molar-refractivity contribution in [3.63, 3.8) is 0 Å². The van der Waals surface area contributed by atoms with Gasteiger partial charge in [0.25, 0.3) is 5.91 Å². The highest BCUT2D eigenvalue weighted by molar-refractivity contribution is 7.13. The number of ether oxygens (including phenoxy) is 1. The molecular weight excluding hydrogens is 384 g/mol. The topological polar surface area (TPSA) is 59.4 Å². The van der Waals surface area contributed by atoms with Crippen molar-refractivity contribution < 1.29 is 9.53 Å². The van der Waals surface area contributed by atoms with E-state index in [1.807, 2.05) is 29.6 Å². The first-order valence-electron chi connectivity index (χ1n) is 9.92. The first kappa shape index (κ1) is 19.8. The molecule has 0 atom stereocenters. The fourth-order valence-electron chi connectivity index (χ4n) is 3.56. The van der Waals surface area contributed by atoms with Crippen LogP contribution in [-0.4, -0.2) is 60.0 Å². The molecule has 29 heavy (non-hydrogen) atoms. The number of aromatic nitrogens is 2. The van der Waals surface area contributed by atoms with E-state index in [-0.39, 0.29) is 5.91 Å². The Kier molecular flexibility index (Phi) is 6.08. The third-order valence-corrected chi connectivity index (χ3v) is 6.01. The van der Waals surface area contributed by atoms with Gasteiger partial charge in [0, 0.05) is 26.2 Å². The van der Waals surface area contributed by atoms with E-state index >= 15 is 0 Å². The van der Waals surface area contributed by atoms with E-state index in [9.17, 15) is 4.79 Å². The van der Waals surface area contributed by atoms with Crippen LogP contribution in [0.2, 0.25) is 0 Å². The highest BCUT2D eigenvalue weighted by Gasteiger charge is 2.19. The van der Waals surface area contributed by atoms with E-state index in [2.05, 4.69) is 36.2 Å². The van der Waals surface area contributed by atoms with Crippen LogP contribution in [0.3, 0.4) is 0 Å². The zero-order valence-corrected chi connectivity index (χ0v) is 17.7. The molecule has 0 aliphatic carbocycles. The number of aryl methyl sites for hydroxylation is 2. The highest BCUT2D eigenvalue weighted by atomic mass is 32.1. The molecule has 0 unspecified atom stereocenters. The monoisotopic (exact) mass is 410 g/mol. The van der Waals surface area contributed by atoms with Crippen LogP contribution in [0.4, 0.5) is 0 Å². The van der Waals surface area contributed by atoms with Crippen molar-refractivity contribution in [2.75, 3.05) is 39.4 Å². The van der Waals surface area contributed by atoms with Gasteiger partial charge in [-0.1, -0.05) is 23.8 Å². The molecule has 0 saturated carbocycles. The Hall–Kier alpha value is -2.48. The molecule has 1 N–H and O–H groups in total. The molecule has 152 valence electrons. The molecule has 1 aromatic carbocycles. The predicted molar refractivity (Wildman–Crippen MR) is 116 cm³/mol. The summed E-state index contributed by atoms with van der Waals surface area (Å²) in [4.78, 5) is 16.4. The quantitative estimate of drug-likeness (QED) is 0.678. The second kappa shape index (κ2) is 8.90. The number of amides is 1. The third kappa shape index (κ3) is 4.58. The van der Waals surface area contributed by atoms with Gasteiger partial charge in [0.2, 0.25) is 0 Å². The van der Waals surface area contributed by atoms with Gasteiger partial charge in [-0.15, -0.1) is 11.3 Å². The van der Waals surface area contributed by atoms with Crippen molar-refractivity contribution in [1.82, 2.24) is 20.0 Å². The van der Waals surface area contributed by atoms with Crippen LogP contribution in [0.25, 0.3) is 16.3 Å². The number of nitrogens with zero attached hydrogens (tertiary/aromatic N) is 3. The van der Waals surface area contributed by atoms with E-state index in [1.165, 1.54) is 5.56 Å². The Balaban J connectivity index is 1.57. The fourth-order valence-corrected chi connectivity index (χ4v) is 4.24. The molecule has 3 heterocycles. The predicted octanol–water partition coefficient (Wildman–Crippen LogP) is 3.28. The van der Waals surface area contributed by atoms with Crippen LogP contribution in [-0.2, 0) is 4.74 Å². The largest absolute Gasteiger partial charge is 0.379 e. The minimum Gasteiger partial charge on any atom is -0.379 e. The highest BCUT2D eigenvalue weighted by Crippen LogP contribution is 2.27. The number of carbonyl (C=O) groups excluding carboxylic acids is 1. The van der Waals surface area contributed by atoms with E-state index in [1.54, 1.807) is 16.0 Å². The first-order chi connectivity index (χ1) is 14.1. The Bertz CT molecular complexity index is 975. The molecule has 0 radical (unpaired) electrons. The zero-order valence-electron chi connectivity index (χ0n) is 16.9. The number of rotatable bonds is 6. The lowest BCUT2D eigenvalue weighted by Crippen LogP contribution is -2.41. The molecule has 0 spiro atoms. The van der Waals surface area contributed by atoms with E-state index in [0.717, 1.165) is 54.7 Å². The number of hydrogen-bond acceptors (Lipinski definition) is 5. The van der Waals surface area contributed by atoms with Crippen LogP contribution in [0, 0.1) is 13.8 Å². The number of hydrogen-bond donors (Lipinski definition) is 1. The van der Waals surface area contributed by atoms with Gasteiger partial charge in [-0.25, -0.2) is 4.68 Å². The maximum Gasteiger partial charge on any atom is 0.270 e. The van der Waals surface area contributed by atoms with Crippen LogP contribution >= 0.6 is 11.3 Å². The van der Waals surface area contributed by atoms with Crippen molar-refractivity contribution in [1.29, 1.82) is 0 Å². The van der Waals surface area contributed by atoms with Crippen molar-refractivity contribution >= 4 is 17.2 Å². The number of benzene rings is 1.